The normalized spacial score (nSPS) is 13.0. The van der Waals surface area contributed by atoms with Crippen LogP contribution in [0.5, 0.6) is 0 Å². The van der Waals surface area contributed by atoms with Crippen molar-refractivity contribution >= 4 is 27.3 Å². The summed E-state index contributed by atoms with van der Waals surface area (Å²) in [4.78, 5) is 0.0332. The minimum absolute atomic E-state index is 0.0156. The van der Waals surface area contributed by atoms with E-state index in [0.717, 1.165) is 11.1 Å². The number of sulfonamides is 1. The number of nitrogens with two attached hydrogens (primary N) is 1. The Labute approximate surface area is 130 Å². The molecule has 0 spiro atoms. The first-order chi connectivity index (χ1) is 9.77. The Morgan fingerprint density at radius 1 is 1.19 bits per heavy atom. The Balaban J connectivity index is 2.31. The first-order valence-electron chi connectivity index (χ1n) is 6.43. The number of primary sulfonamides is 1. The van der Waals surface area contributed by atoms with Crippen LogP contribution in [0.15, 0.2) is 47.4 Å². The van der Waals surface area contributed by atoms with Gasteiger partial charge < -0.3 is 5.32 Å². The maximum atomic E-state index is 11.4. The van der Waals surface area contributed by atoms with E-state index < -0.39 is 10.0 Å². The summed E-state index contributed by atoms with van der Waals surface area (Å²) in [5.41, 5.74) is 2.79. The fraction of sp³-hybridized carbons (Fsp3) is 0.200. The highest BCUT2D eigenvalue weighted by Gasteiger charge is 2.13. The number of benzene rings is 2. The van der Waals surface area contributed by atoms with Crippen LogP contribution in [0.3, 0.4) is 0 Å². The zero-order chi connectivity index (χ0) is 15.6. The van der Waals surface area contributed by atoms with Crippen molar-refractivity contribution in [3.63, 3.8) is 0 Å². The van der Waals surface area contributed by atoms with E-state index in [1.165, 1.54) is 18.2 Å². The number of nitrogens with one attached hydrogen (secondary N) is 1. The summed E-state index contributed by atoms with van der Waals surface area (Å²) in [7, 11) is -3.75. The second-order valence-electron chi connectivity index (χ2n) is 4.97. The molecule has 21 heavy (non-hydrogen) atoms. The largest absolute Gasteiger partial charge is 0.377 e. The summed E-state index contributed by atoms with van der Waals surface area (Å²) >= 11 is 6.11. The van der Waals surface area contributed by atoms with Gasteiger partial charge in [0.15, 0.2) is 0 Å². The fourth-order valence-corrected chi connectivity index (χ4v) is 2.76. The average molecular weight is 325 g/mol. The molecule has 0 aliphatic heterocycles. The molecule has 0 heterocycles. The van der Waals surface area contributed by atoms with Crippen LogP contribution in [0.25, 0.3) is 0 Å². The summed E-state index contributed by atoms with van der Waals surface area (Å²) in [6, 6.07) is 12.4. The zero-order valence-electron chi connectivity index (χ0n) is 11.8. The molecule has 1 atom stereocenters. The molecule has 0 aliphatic carbocycles. The van der Waals surface area contributed by atoms with Crippen molar-refractivity contribution in [3.8, 4) is 0 Å². The highest BCUT2D eigenvalue weighted by molar-refractivity contribution is 7.89. The van der Waals surface area contributed by atoms with E-state index in [1.807, 2.05) is 32.0 Å². The summed E-state index contributed by atoms with van der Waals surface area (Å²) < 4.78 is 22.8. The SMILES string of the molecule is Cc1cccc(C(C)Nc2cc(S(N)(=O)=O)ccc2Cl)c1. The molecule has 0 bridgehead atoms. The quantitative estimate of drug-likeness (QED) is 0.904. The highest BCUT2D eigenvalue weighted by atomic mass is 35.5. The molecular weight excluding hydrogens is 308 g/mol. The van der Waals surface area contributed by atoms with Gasteiger partial charge in [0, 0.05) is 6.04 Å². The number of halogens is 1. The fourth-order valence-electron chi connectivity index (χ4n) is 2.05. The third-order valence-electron chi connectivity index (χ3n) is 3.18. The van der Waals surface area contributed by atoms with E-state index in [0.29, 0.717) is 10.7 Å². The first kappa shape index (κ1) is 15.8. The van der Waals surface area contributed by atoms with Crippen molar-refractivity contribution < 1.29 is 8.42 Å². The van der Waals surface area contributed by atoms with Gasteiger partial charge in [0.25, 0.3) is 0 Å². The van der Waals surface area contributed by atoms with Gasteiger partial charge in [0.1, 0.15) is 0 Å². The van der Waals surface area contributed by atoms with Gasteiger partial charge in [0.2, 0.25) is 10.0 Å². The molecule has 4 nitrogen and oxygen atoms in total. The van der Waals surface area contributed by atoms with Crippen molar-refractivity contribution in [2.45, 2.75) is 24.8 Å². The lowest BCUT2D eigenvalue weighted by atomic mass is 10.1. The number of anilines is 1. The topological polar surface area (TPSA) is 72.2 Å². The van der Waals surface area contributed by atoms with E-state index >= 15 is 0 Å². The number of hydrogen-bond donors (Lipinski definition) is 2. The van der Waals surface area contributed by atoms with Gasteiger partial charge in [-0.3, -0.25) is 0 Å². The van der Waals surface area contributed by atoms with Gasteiger partial charge in [-0.1, -0.05) is 41.4 Å². The second-order valence-corrected chi connectivity index (χ2v) is 6.94. The van der Waals surface area contributed by atoms with Crippen molar-refractivity contribution in [3.05, 3.63) is 58.6 Å². The third kappa shape index (κ3) is 3.97. The van der Waals surface area contributed by atoms with Gasteiger partial charge in [0.05, 0.1) is 15.6 Å². The van der Waals surface area contributed by atoms with Crippen molar-refractivity contribution in [2.24, 2.45) is 5.14 Å². The molecule has 0 aromatic heterocycles. The molecule has 0 fully saturated rings. The standard InChI is InChI=1S/C15H17ClN2O2S/c1-10-4-3-5-12(8-10)11(2)18-15-9-13(21(17,19)20)6-7-14(15)16/h3-9,11,18H,1-2H3,(H2,17,19,20). The Morgan fingerprint density at radius 3 is 2.52 bits per heavy atom. The second kappa shape index (κ2) is 6.05. The summed E-state index contributed by atoms with van der Waals surface area (Å²) in [6.45, 7) is 4.00. The van der Waals surface area contributed by atoms with Gasteiger partial charge >= 0.3 is 0 Å². The summed E-state index contributed by atoms with van der Waals surface area (Å²) in [5.74, 6) is 0. The van der Waals surface area contributed by atoms with Crippen LogP contribution < -0.4 is 10.5 Å². The Bertz CT molecular complexity index is 760. The molecule has 0 saturated heterocycles. The molecule has 2 aromatic rings. The Hall–Kier alpha value is -1.56. The van der Waals surface area contributed by atoms with Crippen LogP contribution in [0.2, 0.25) is 5.02 Å². The third-order valence-corrected chi connectivity index (χ3v) is 4.42. The predicted octanol–water partition coefficient (Wildman–Crippen LogP) is 3.47. The number of aryl methyl sites for hydroxylation is 1. The van der Waals surface area contributed by atoms with Gasteiger partial charge in [-0.05, 0) is 37.6 Å². The van der Waals surface area contributed by atoms with Crippen LogP contribution in [0.4, 0.5) is 5.69 Å². The monoisotopic (exact) mass is 324 g/mol. The van der Waals surface area contributed by atoms with Crippen LogP contribution in [0.1, 0.15) is 24.1 Å². The van der Waals surface area contributed by atoms with Crippen molar-refractivity contribution in [2.75, 3.05) is 5.32 Å². The predicted molar refractivity (Wildman–Crippen MR) is 86.0 cm³/mol. The van der Waals surface area contributed by atoms with Gasteiger partial charge in [-0.25, -0.2) is 13.6 Å². The van der Waals surface area contributed by atoms with E-state index in [4.69, 9.17) is 16.7 Å². The van der Waals surface area contributed by atoms with Crippen molar-refractivity contribution in [1.82, 2.24) is 0 Å². The molecule has 2 rings (SSSR count). The van der Waals surface area contributed by atoms with Crippen LogP contribution >= 0.6 is 11.6 Å². The zero-order valence-corrected chi connectivity index (χ0v) is 13.4. The van der Waals surface area contributed by atoms with Gasteiger partial charge in [-0.2, -0.15) is 0 Å². The minimum atomic E-state index is -3.75. The molecule has 0 saturated carbocycles. The highest BCUT2D eigenvalue weighted by Crippen LogP contribution is 2.28. The van der Waals surface area contributed by atoms with E-state index in [9.17, 15) is 8.42 Å². The van der Waals surface area contributed by atoms with E-state index in [-0.39, 0.29) is 10.9 Å². The lowest BCUT2D eigenvalue weighted by Gasteiger charge is -2.18. The maximum Gasteiger partial charge on any atom is 0.238 e. The number of rotatable bonds is 4. The molecule has 0 amide bonds. The van der Waals surface area contributed by atoms with Gasteiger partial charge in [-0.15, -0.1) is 0 Å². The van der Waals surface area contributed by atoms with Crippen molar-refractivity contribution in [1.29, 1.82) is 0 Å². The Morgan fingerprint density at radius 2 is 1.90 bits per heavy atom. The minimum Gasteiger partial charge on any atom is -0.377 e. The van der Waals surface area contributed by atoms with E-state index in [2.05, 4.69) is 11.4 Å². The molecular formula is C15H17ClN2O2S. The molecule has 6 heteroatoms. The smallest absolute Gasteiger partial charge is 0.238 e. The molecule has 0 aliphatic rings. The summed E-state index contributed by atoms with van der Waals surface area (Å²) in [6.07, 6.45) is 0. The molecule has 0 radical (unpaired) electrons. The molecule has 1 unspecified atom stereocenters. The van der Waals surface area contributed by atoms with Crippen LogP contribution in [-0.2, 0) is 10.0 Å². The number of hydrogen-bond acceptors (Lipinski definition) is 3. The molecule has 3 N–H and O–H groups in total. The Kier molecular flexibility index (Phi) is 4.56. The lowest BCUT2D eigenvalue weighted by Crippen LogP contribution is -2.13. The maximum absolute atomic E-state index is 11.4. The molecule has 2 aromatic carbocycles. The molecule has 112 valence electrons. The lowest BCUT2D eigenvalue weighted by molar-refractivity contribution is 0.598. The van der Waals surface area contributed by atoms with Crippen LogP contribution in [0, 0.1) is 6.92 Å². The van der Waals surface area contributed by atoms with Crippen LogP contribution in [-0.4, -0.2) is 8.42 Å². The van der Waals surface area contributed by atoms with E-state index in [1.54, 1.807) is 0 Å². The average Bonchev–Trinajstić information content (AvgIpc) is 2.40. The summed E-state index contributed by atoms with van der Waals surface area (Å²) in [5, 5.41) is 8.80. The first-order valence-corrected chi connectivity index (χ1v) is 8.35.